The SMILES string of the molecule is CN=C(NCc1ccc(-n2nc(C)cc2C)nc1)NCC(C)(C)c1ccccc1. The fourth-order valence-corrected chi connectivity index (χ4v) is 3.21. The zero-order valence-electron chi connectivity index (χ0n) is 17.9. The van der Waals surface area contributed by atoms with Crippen LogP contribution >= 0.6 is 0 Å². The summed E-state index contributed by atoms with van der Waals surface area (Å²) in [5.41, 5.74) is 4.45. The van der Waals surface area contributed by atoms with Crippen molar-refractivity contribution >= 4 is 5.96 Å². The highest BCUT2D eigenvalue weighted by atomic mass is 15.3. The summed E-state index contributed by atoms with van der Waals surface area (Å²) < 4.78 is 1.86. The van der Waals surface area contributed by atoms with Crippen LogP contribution in [0.5, 0.6) is 0 Å². The van der Waals surface area contributed by atoms with Gasteiger partial charge in [-0.25, -0.2) is 9.67 Å². The summed E-state index contributed by atoms with van der Waals surface area (Å²) in [7, 11) is 1.79. The minimum absolute atomic E-state index is 0.00182. The third kappa shape index (κ3) is 5.22. The summed E-state index contributed by atoms with van der Waals surface area (Å²) in [5, 5.41) is 11.3. The number of aryl methyl sites for hydroxylation is 2. The molecule has 0 aliphatic rings. The molecule has 2 aromatic heterocycles. The van der Waals surface area contributed by atoms with Gasteiger partial charge in [0.15, 0.2) is 11.8 Å². The maximum absolute atomic E-state index is 4.55. The number of hydrogen-bond donors (Lipinski definition) is 2. The number of rotatable bonds is 6. The quantitative estimate of drug-likeness (QED) is 0.499. The lowest BCUT2D eigenvalue weighted by Crippen LogP contribution is -2.43. The van der Waals surface area contributed by atoms with Crippen LogP contribution in [-0.4, -0.2) is 34.3 Å². The van der Waals surface area contributed by atoms with Crippen molar-refractivity contribution in [3.05, 3.63) is 77.2 Å². The zero-order valence-corrected chi connectivity index (χ0v) is 17.9. The second kappa shape index (κ2) is 8.90. The van der Waals surface area contributed by atoms with Gasteiger partial charge in [-0.2, -0.15) is 5.10 Å². The Hall–Kier alpha value is -3.15. The molecule has 0 saturated heterocycles. The Balaban J connectivity index is 1.56. The van der Waals surface area contributed by atoms with Crippen LogP contribution in [-0.2, 0) is 12.0 Å². The van der Waals surface area contributed by atoms with E-state index in [4.69, 9.17) is 0 Å². The normalized spacial score (nSPS) is 12.1. The molecular weight excluding hydrogens is 360 g/mol. The predicted molar refractivity (Wildman–Crippen MR) is 119 cm³/mol. The predicted octanol–water partition coefficient (Wildman–Crippen LogP) is 3.53. The van der Waals surface area contributed by atoms with Crippen LogP contribution < -0.4 is 10.6 Å². The maximum atomic E-state index is 4.55. The average Bonchev–Trinajstić information content (AvgIpc) is 3.07. The van der Waals surface area contributed by atoms with Crippen molar-refractivity contribution in [2.24, 2.45) is 4.99 Å². The minimum Gasteiger partial charge on any atom is -0.356 e. The van der Waals surface area contributed by atoms with Crippen LogP contribution in [0.15, 0.2) is 59.7 Å². The number of hydrogen-bond acceptors (Lipinski definition) is 3. The second-order valence-corrected chi connectivity index (χ2v) is 7.89. The van der Waals surface area contributed by atoms with Gasteiger partial charge in [-0.1, -0.05) is 50.2 Å². The first-order valence-corrected chi connectivity index (χ1v) is 9.88. The van der Waals surface area contributed by atoms with E-state index < -0.39 is 0 Å². The molecule has 3 rings (SSSR count). The van der Waals surface area contributed by atoms with Gasteiger partial charge in [0.25, 0.3) is 0 Å². The molecule has 6 nitrogen and oxygen atoms in total. The lowest BCUT2D eigenvalue weighted by atomic mass is 9.85. The standard InChI is InChI=1S/C23H30N6/c1-17-13-18(2)29(28-17)21-12-11-19(14-25-21)15-26-22(24-5)27-16-23(3,4)20-9-7-6-8-10-20/h6-14H,15-16H2,1-5H3,(H2,24,26,27). The molecule has 0 fully saturated rings. The highest BCUT2D eigenvalue weighted by Gasteiger charge is 2.20. The third-order valence-corrected chi connectivity index (χ3v) is 4.97. The van der Waals surface area contributed by atoms with Crippen LogP contribution in [0.25, 0.3) is 5.82 Å². The Bertz CT molecular complexity index is 955. The minimum atomic E-state index is 0.00182. The van der Waals surface area contributed by atoms with Crippen LogP contribution in [0, 0.1) is 13.8 Å². The van der Waals surface area contributed by atoms with E-state index in [-0.39, 0.29) is 5.41 Å². The van der Waals surface area contributed by atoms with E-state index in [9.17, 15) is 0 Å². The highest BCUT2D eigenvalue weighted by Crippen LogP contribution is 2.21. The summed E-state index contributed by atoms with van der Waals surface area (Å²) >= 11 is 0. The molecular formula is C23H30N6. The highest BCUT2D eigenvalue weighted by molar-refractivity contribution is 5.79. The molecule has 2 N–H and O–H groups in total. The number of nitrogens with one attached hydrogen (secondary N) is 2. The third-order valence-electron chi connectivity index (χ3n) is 4.97. The largest absolute Gasteiger partial charge is 0.356 e. The summed E-state index contributed by atoms with van der Waals surface area (Å²) in [4.78, 5) is 8.89. The molecule has 2 heterocycles. The van der Waals surface area contributed by atoms with E-state index in [1.54, 1.807) is 7.05 Å². The Morgan fingerprint density at radius 1 is 1.07 bits per heavy atom. The van der Waals surface area contributed by atoms with Gasteiger partial charge in [-0.05, 0) is 37.1 Å². The summed E-state index contributed by atoms with van der Waals surface area (Å²) in [6, 6.07) is 16.6. The number of aromatic nitrogens is 3. The summed E-state index contributed by atoms with van der Waals surface area (Å²) in [5.74, 6) is 1.60. The molecule has 1 aromatic carbocycles. The molecule has 0 aliphatic carbocycles. The smallest absolute Gasteiger partial charge is 0.191 e. The molecule has 0 amide bonds. The number of guanidine groups is 1. The van der Waals surface area contributed by atoms with Crippen molar-refractivity contribution in [3.63, 3.8) is 0 Å². The molecule has 3 aromatic rings. The fraction of sp³-hybridized carbons (Fsp3) is 0.348. The van der Waals surface area contributed by atoms with Gasteiger partial charge in [0, 0.05) is 37.4 Å². The van der Waals surface area contributed by atoms with E-state index in [0.717, 1.165) is 35.3 Å². The summed E-state index contributed by atoms with van der Waals surface area (Å²) in [6.07, 6.45) is 1.87. The van der Waals surface area contributed by atoms with Gasteiger partial charge in [0.2, 0.25) is 0 Å². The van der Waals surface area contributed by atoms with Crippen molar-refractivity contribution < 1.29 is 0 Å². The Morgan fingerprint density at radius 2 is 1.83 bits per heavy atom. The molecule has 0 spiro atoms. The van der Waals surface area contributed by atoms with Gasteiger partial charge < -0.3 is 10.6 Å². The van der Waals surface area contributed by atoms with E-state index in [0.29, 0.717) is 6.54 Å². The van der Waals surface area contributed by atoms with E-state index >= 15 is 0 Å². The zero-order chi connectivity index (χ0) is 20.9. The first kappa shape index (κ1) is 20.6. The van der Waals surface area contributed by atoms with Gasteiger partial charge in [0.05, 0.1) is 5.69 Å². The van der Waals surface area contributed by atoms with E-state index in [1.807, 2.05) is 42.9 Å². The van der Waals surface area contributed by atoms with Crippen LogP contribution in [0.4, 0.5) is 0 Å². The molecule has 0 bridgehead atoms. The van der Waals surface area contributed by atoms with Gasteiger partial charge >= 0.3 is 0 Å². The van der Waals surface area contributed by atoms with Gasteiger partial charge in [-0.3, -0.25) is 4.99 Å². The molecule has 6 heteroatoms. The topological polar surface area (TPSA) is 67.1 Å². The maximum Gasteiger partial charge on any atom is 0.191 e. The summed E-state index contributed by atoms with van der Waals surface area (Å²) in [6.45, 7) is 9.90. The van der Waals surface area contributed by atoms with Crippen molar-refractivity contribution in [3.8, 4) is 5.82 Å². The van der Waals surface area contributed by atoms with E-state index in [1.165, 1.54) is 5.56 Å². The van der Waals surface area contributed by atoms with Crippen LogP contribution in [0.3, 0.4) is 0 Å². The van der Waals surface area contributed by atoms with Crippen molar-refractivity contribution in [1.82, 2.24) is 25.4 Å². The molecule has 152 valence electrons. The lowest BCUT2D eigenvalue weighted by molar-refractivity contribution is 0.508. The first-order chi connectivity index (χ1) is 13.9. The number of nitrogens with zero attached hydrogens (tertiary/aromatic N) is 4. The Labute approximate surface area is 173 Å². The van der Waals surface area contributed by atoms with Crippen LogP contribution in [0.1, 0.15) is 36.4 Å². The number of benzene rings is 1. The monoisotopic (exact) mass is 390 g/mol. The van der Waals surface area contributed by atoms with Crippen molar-refractivity contribution in [2.45, 2.75) is 39.7 Å². The molecule has 29 heavy (non-hydrogen) atoms. The molecule has 0 atom stereocenters. The Morgan fingerprint density at radius 3 is 2.41 bits per heavy atom. The molecule has 0 saturated carbocycles. The van der Waals surface area contributed by atoms with E-state index in [2.05, 4.69) is 69.9 Å². The molecule has 0 aliphatic heterocycles. The number of pyridine rings is 1. The van der Waals surface area contributed by atoms with Gasteiger partial charge in [0.1, 0.15) is 0 Å². The molecule has 0 unspecified atom stereocenters. The van der Waals surface area contributed by atoms with Crippen LogP contribution in [0.2, 0.25) is 0 Å². The van der Waals surface area contributed by atoms with Gasteiger partial charge in [-0.15, -0.1) is 0 Å². The number of aliphatic imine (C=N–C) groups is 1. The lowest BCUT2D eigenvalue weighted by Gasteiger charge is -2.26. The Kier molecular flexibility index (Phi) is 6.32. The van der Waals surface area contributed by atoms with Crippen molar-refractivity contribution in [1.29, 1.82) is 0 Å². The average molecular weight is 391 g/mol. The second-order valence-electron chi connectivity index (χ2n) is 7.89. The van der Waals surface area contributed by atoms with Crippen molar-refractivity contribution in [2.75, 3.05) is 13.6 Å². The fourth-order valence-electron chi connectivity index (χ4n) is 3.21. The molecule has 0 radical (unpaired) electrons. The first-order valence-electron chi connectivity index (χ1n) is 9.88.